The fourth-order valence-electron chi connectivity index (χ4n) is 3.81. The summed E-state index contributed by atoms with van der Waals surface area (Å²) in [4.78, 5) is 26.4. The van der Waals surface area contributed by atoms with Crippen LogP contribution in [-0.2, 0) is 27.3 Å². The topological polar surface area (TPSA) is 64.4 Å². The first-order valence-corrected chi connectivity index (χ1v) is 9.63. The van der Waals surface area contributed by atoms with Crippen molar-refractivity contribution in [1.29, 1.82) is 0 Å². The summed E-state index contributed by atoms with van der Waals surface area (Å²) in [5.41, 5.74) is 2.76. The monoisotopic (exact) mass is 363 g/mol. The molecule has 26 heavy (non-hydrogen) atoms. The summed E-state index contributed by atoms with van der Waals surface area (Å²) in [6.45, 7) is 14.6. The summed E-state index contributed by atoms with van der Waals surface area (Å²) < 4.78 is 7.21. The number of nitrogens with zero attached hydrogens (tertiary/aromatic N) is 3. The maximum absolute atomic E-state index is 12.3. The first-order chi connectivity index (χ1) is 12.2. The molecule has 0 spiro atoms. The van der Waals surface area contributed by atoms with E-state index in [0.29, 0.717) is 17.8 Å². The molecule has 1 amide bonds. The third-order valence-electron chi connectivity index (χ3n) is 4.97. The van der Waals surface area contributed by atoms with E-state index in [-0.39, 0.29) is 24.9 Å². The molecule has 146 valence electrons. The Morgan fingerprint density at radius 2 is 1.81 bits per heavy atom. The van der Waals surface area contributed by atoms with Crippen molar-refractivity contribution < 1.29 is 14.3 Å². The summed E-state index contributed by atoms with van der Waals surface area (Å²) >= 11 is 0. The highest BCUT2D eigenvalue weighted by Crippen LogP contribution is 2.21. The summed E-state index contributed by atoms with van der Waals surface area (Å²) in [5, 5.41) is 4.52. The van der Waals surface area contributed by atoms with Crippen LogP contribution in [-0.4, -0.2) is 46.3 Å². The number of esters is 1. The Kier molecular flexibility index (Phi) is 6.84. The molecule has 1 fully saturated rings. The van der Waals surface area contributed by atoms with Gasteiger partial charge in [0.25, 0.3) is 5.91 Å². The summed E-state index contributed by atoms with van der Waals surface area (Å²) in [7, 11) is 0. The van der Waals surface area contributed by atoms with Crippen LogP contribution in [0.1, 0.15) is 51.1 Å². The lowest BCUT2D eigenvalue weighted by Gasteiger charge is -2.34. The van der Waals surface area contributed by atoms with Gasteiger partial charge in [0.15, 0.2) is 6.61 Å². The first kappa shape index (κ1) is 20.5. The number of hydrogen-bond acceptors (Lipinski definition) is 4. The average molecular weight is 364 g/mol. The molecular weight excluding hydrogens is 330 g/mol. The molecule has 1 aliphatic heterocycles. The van der Waals surface area contributed by atoms with Gasteiger partial charge in [-0.2, -0.15) is 5.10 Å². The highest BCUT2D eigenvalue weighted by atomic mass is 16.5. The number of ether oxygens (including phenoxy) is 1. The zero-order valence-corrected chi connectivity index (χ0v) is 17.0. The minimum absolute atomic E-state index is 0.0966. The van der Waals surface area contributed by atoms with E-state index in [0.717, 1.165) is 43.0 Å². The van der Waals surface area contributed by atoms with Gasteiger partial charge >= 0.3 is 5.97 Å². The molecule has 0 aliphatic carbocycles. The maximum atomic E-state index is 12.3. The number of carbonyl (C=O) groups excluding carboxylic acids is 2. The molecule has 2 rings (SSSR count). The van der Waals surface area contributed by atoms with Crippen molar-refractivity contribution in [1.82, 2.24) is 14.7 Å². The molecule has 0 saturated carbocycles. The smallest absolute Gasteiger partial charge is 0.310 e. The van der Waals surface area contributed by atoms with Gasteiger partial charge < -0.3 is 9.64 Å². The number of likely N-dealkylation sites (tertiary alicyclic amines) is 1. The second-order valence-corrected chi connectivity index (χ2v) is 8.31. The van der Waals surface area contributed by atoms with Crippen molar-refractivity contribution in [3.63, 3.8) is 0 Å². The number of rotatable bonds is 6. The molecular formula is C20H33N3O3. The molecule has 1 aromatic rings. The van der Waals surface area contributed by atoms with Gasteiger partial charge in [0.05, 0.1) is 12.1 Å². The van der Waals surface area contributed by atoms with Crippen LogP contribution in [0.5, 0.6) is 0 Å². The Hall–Kier alpha value is -1.85. The molecule has 0 bridgehead atoms. The second-order valence-electron chi connectivity index (χ2n) is 8.31. The fourth-order valence-corrected chi connectivity index (χ4v) is 3.81. The normalized spacial score (nSPS) is 20.5. The van der Waals surface area contributed by atoms with Crippen LogP contribution < -0.4 is 0 Å². The lowest BCUT2D eigenvalue weighted by Crippen LogP contribution is -2.44. The minimum Gasteiger partial charge on any atom is -0.455 e. The van der Waals surface area contributed by atoms with Gasteiger partial charge in [-0.15, -0.1) is 0 Å². The minimum atomic E-state index is -0.369. The van der Waals surface area contributed by atoms with E-state index >= 15 is 0 Å². The molecule has 0 N–H and O–H groups in total. The van der Waals surface area contributed by atoms with Crippen molar-refractivity contribution in [2.45, 2.75) is 60.9 Å². The number of hydrogen-bond donors (Lipinski definition) is 0. The molecule has 6 heteroatoms. The second kappa shape index (κ2) is 8.69. The lowest BCUT2D eigenvalue weighted by molar-refractivity contribution is -0.152. The van der Waals surface area contributed by atoms with E-state index < -0.39 is 0 Å². The number of aryl methyl sites for hydroxylation is 1. The molecule has 2 atom stereocenters. The third kappa shape index (κ3) is 5.32. The van der Waals surface area contributed by atoms with Gasteiger partial charge in [-0.1, -0.05) is 27.7 Å². The number of aromatic nitrogens is 2. The molecule has 1 aliphatic rings. The van der Waals surface area contributed by atoms with Crippen molar-refractivity contribution in [3.05, 3.63) is 17.0 Å². The predicted molar refractivity (Wildman–Crippen MR) is 101 cm³/mol. The van der Waals surface area contributed by atoms with Crippen LogP contribution in [0.4, 0.5) is 0 Å². The van der Waals surface area contributed by atoms with Gasteiger partial charge in [0, 0.05) is 30.9 Å². The summed E-state index contributed by atoms with van der Waals surface area (Å²) in [6, 6.07) is 0. The van der Waals surface area contributed by atoms with Gasteiger partial charge in [-0.3, -0.25) is 14.3 Å². The third-order valence-corrected chi connectivity index (χ3v) is 4.97. The number of carbonyl (C=O) groups is 2. The highest BCUT2D eigenvalue weighted by molar-refractivity contribution is 5.81. The van der Waals surface area contributed by atoms with Crippen LogP contribution in [0.25, 0.3) is 0 Å². The lowest BCUT2D eigenvalue weighted by atomic mass is 9.92. The van der Waals surface area contributed by atoms with Crippen LogP contribution in [0.3, 0.4) is 0 Å². The number of piperidine rings is 1. The van der Waals surface area contributed by atoms with Crippen molar-refractivity contribution in [2.75, 3.05) is 19.7 Å². The van der Waals surface area contributed by atoms with Crippen molar-refractivity contribution in [3.8, 4) is 0 Å². The van der Waals surface area contributed by atoms with Crippen molar-refractivity contribution >= 4 is 11.9 Å². The Labute approximate surface area is 156 Å². The van der Waals surface area contributed by atoms with E-state index in [4.69, 9.17) is 4.74 Å². The quantitative estimate of drug-likeness (QED) is 0.729. The SMILES string of the molecule is Cc1nn(CC(C)C)c(C)c1CC(=O)OCC(=O)N1CC(C)CC(C)C1. The molecule has 1 saturated heterocycles. The predicted octanol–water partition coefficient (Wildman–Crippen LogP) is 2.75. The molecule has 0 radical (unpaired) electrons. The standard InChI is InChI=1S/C20H33N3O3/c1-13(2)9-23-17(6)18(16(5)21-23)8-20(25)26-12-19(24)22-10-14(3)7-15(4)11-22/h13-15H,7-12H2,1-6H3. The molecule has 0 aromatic carbocycles. The summed E-state index contributed by atoms with van der Waals surface area (Å²) in [5.74, 6) is 1.01. The van der Waals surface area contributed by atoms with Crippen LogP contribution >= 0.6 is 0 Å². The summed E-state index contributed by atoms with van der Waals surface area (Å²) in [6.07, 6.45) is 1.30. The zero-order valence-electron chi connectivity index (χ0n) is 17.0. The Balaban J connectivity index is 1.89. The highest BCUT2D eigenvalue weighted by Gasteiger charge is 2.26. The molecule has 2 heterocycles. The maximum Gasteiger partial charge on any atom is 0.310 e. The number of amides is 1. The average Bonchev–Trinajstić information content (AvgIpc) is 2.78. The molecule has 1 aromatic heterocycles. The van der Waals surface area contributed by atoms with Crippen molar-refractivity contribution in [2.24, 2.45) is 17.8 Å². The van der Waals surface area contributed by atoms with E-state index in [1.54, 1.807) is 0 Å². The largest absolute Gasteiger partial charge is 0.455 e. The van der Waals surface area contributed by atoms with Crippen LogP contribution in [0, 0.1) is 31.6 Å². The Bertz CT molecular complexity index is 641. The van der Waals surface area contributed by atoms with Gasteiger partial charge in [-0.25, -0.2) is 0 Å². The van der Waals surface area contributed by atoms with E-state index in [9.17, 15) is 9.59 Å². The van der Waals surface area contributed by atoms with Crippen LogP contribution in [0.2, 0.25) is 0 Å². The first-order valence-electron chi connectivity index (χ1n) is 9.63. The van der Waals surface area contributed by atoms with E-state index in [1.165, 1.54) is 0 Å². The zero-order chi connectivity index (χ0) is 19.4. The molecule has 2 unspecified atom stereocenters. The van der Waals surface area contributed by atoms with Gasteiger partial charge in [0.1, 0.15) is 0 Å². The molecule has 6 nitrogen and oxygen atoms in total. The Morgan fingerprint density at radius 3 is 2.38 bits per heavy atom. The van der Waals surface area contributed by atoms with Gasteiger partial charge in [0.2, 0.25) is 0 Å². The van der Waals surface area contributed by atoms with Gasteiger partial charge in [-0.05, 0) is 38.0 Å². The van der Waals surface area contributed by atoms with E-state index in [2.05, 4.69) is 32.8 Å². The van der Waals surface area contributed by atoms with Crippen LogP contribution in [0.15, 0.2) is 0 Å². The Morgan fingerprint density at radius 1 is 1.19 bits per heavy atom. The van der Waals surface area contributed by atoms with E-state index in [1.807, 2.05) is 23.4 Å². The fraction of sp³-hybridized carbons (Fsp3) is 0.750.